The van der Waals surface area contributed by atoms with E-state index in [0.29, 0.717) is 5.92 Å². The van der Waals surface area contributed by atoms with Gasteiger partial charge in [0.15, 0.2) is 0 Å². The summed E-state index contributed by atoms with van der Waals surface area (Å²) in [5.74, 6) is 0.537. The first-order valence-corrected chi connectivity index (χ1v) is 5.33. The molecule has 0 saturated carbocycles. The molecule has 0 radical (unpaired) electrons. The molecule has 1 aromatic rings. The maximum absolute atomic E-state index is 8.82. The molecular weight excluding hydrogens is 228 g/mol. The van der Waals surface area contributed by atoms with Gasteiger partial charge in [0, 0.05) is 11.1 Å². The lowest BCUT2D eigenvalue weighted by atomic mass is 10.00. The van der Waals surface area contributed by atoms with Crippen molar-refractivity contribution in [3.05, 3.63) is 33.8 Å². The minimum atomic E-state index is 0.216. The van der Waals surface area contributed by atoms with Gasteiger partial charge < -0.3 is 5.11 Å². The second-order valence-corrected chi connectivity index (χ2v) is 4.44. The van der Waals surface area contributed by atoms with Gasteiger partial charge >= 0.3 is 0 Å². The number of hydrogen-bond acceptors (Lipinski definition) is 1. The van der Waals surface area contributed by atoms with Crippen molar-refractivity contribution < 1.29 is 5.11 Å². The Morgan fingerprint density at radius 3 is 2.54 bits per heavy atom. The van der Waals surface area contributed by atoms with Crippen molar-refractivity contribution in [2.24, 2.45) is 0 Å². The molecule has 1 aromatic carbocycles. The molecule has 0 fully saturated rings. The summed E-state index contributed by atoms with van der Waals surface area (Å²) in [6, 6.07) is 6.35. The van der Waals surface area contributed by atoms with Crippen molar-refractivity contribution >= 4 is 15.9 Å². The van der Waals surface area contributed by atoms with Crippen molar-refractivity contribution in [2.45, 2.75) is 26.2 Å². The van der Waals surface area contributed by atoms with Crippen LogP contribution in [0.5, 0.6) is 0 Å². The normalized spacial score (nSPS) is 10.8. The van der Waals surface area contributed by atoms with E-state index in [4.69, 9.17) is 5.11 Å². The van der Waals surface area contributed by atoms with Crippen LogP contribution in [0.15, 0.2) is 22.7 Å². The van der Waals surface area contributed by atoms with Crippen LogP contribution >= 0.6 is 15.9 Å². The third-order valence-corrected chi connectivity index (χ3v) is 2.50. The molecule has 72 valence electrons. The maximum atomic E-state index is 8.82. The zero-order chi connectivity index (χ0) is 9.84. The van der Waals surface area contributed by atoms with Crippen LogP contribution in [0.3, 0.4) is 0 Å². The molecule has 0 saturated heterocycles. The van der Waals surface area contributed by atoms with Crippen LogP contribution in [0.4, 0.5) is 0 Å². The van der Waals surface area contributed by atoms with Gasteiger partial charge in [-0.3, -0.25) is 0 Å². The summed E-state index contributed by atoms with van der Waals surface area (Å²) < 4.78 is 1.10. The van der Waals surface area contributed by atoms with Gasteiger partial charge in [-0.1, -0.05) is 35.8 Å². The average molecular weight is 243 g/mol. The fraction of sp³-hybridized carbons (Fsp3) is 0.455. The van der Waals surface area contributed by atoms with E-state index in [1.54, 1.807) is 0 Å². The van der Waals surface area contributed by atoms with Crippen molar-refractivity contribution in [3.63, 3.8) is 0 Å². The Morgan fingerprint density at radius 1 is 1.31 bits per heavy atom. The van der Waals surface area contributed by atoms with E-state index in [2.05, 4.69) is 48.0 Å². The average Bonchev–Trinajstić information content (AvgIpc) is 2.03. The van der Waals surface area contributed by atoms with Crippen LogP contribution in [0.25, 0.3) is 0 Å². The van der Waals surface area contributed by atoms with Gasteiger partial charge in [0.05, 0.1) is 0 Å². The highest BCUT2D eigenvalue weighted by atomic mass is 79.9. The molecule has 0 unspecified atom stereocenters. The molecule has 0 aliphatic rings. The van der Waals surface area contributed by atoms with Crippen molar-refractivity contribution in [3.8, 4) is 0 Å². The number of aliphatic hydroxyl groups excluding tert-OH is 1. The lowest BCUT2D eigenvalue weighted by molar-refractivity contribution is 0.299. The van der Waals surface area contributed by atoms with E-state index < -0.39 is 0 Å². The van der Waals surface area contributed by atoms with Crippen LogP contribution in [0, 0.1) is 0 Å². The SMILES string of the molecule is CC(C)c1cc(Br)cc(CCO)c1. The molecule has 13 heavy (non-hydrogen) atoms. The second-order valence-electron chi connectivity index (χ2n) is 3.52. The van der Waals surface area contributed by atoms with Crippen LogP contribution in [0.2, 0.25) is 0 Å². The fourth-order valence-corrected chi connectivity index (χ4v) is 1.84. The summed E-state index contributed by atoms with van der Waals surface area (Å²) in [5, 5.41) is 8.82. The zero-order valence-corrected chi connectivity index (χ0v) is 9.63. The number of aliphatic hydroxyl groups is 1. The molecule has 2 heteroatoms. The molecule has 1 rings (SSSR count). The van der Waals surface area contributed by atoms with Gasteiger partial charge in [-0.25, -0.2) is 0 Å². The molecule has 0 aliphatic heterocycles. The summed E-state index contributed by atoms with van der Waals surface area (Å²) in [6.07, 6.45) is 0.735. The minimum absolute atomic E-state index is 0.216. The largest absolute Gasteiger partial charge is 0.396 e. The third kappa shape index (κ3) is 3.12. The summed E-state index contributed by atoms with van der Waals surface area (Å²) in [4.78, 5) is 0. The Kier molecular flexibility index (Phi) is 3.94. The summed E-state index contributed by atoms with van der Waals surface area (Å²) in [7, 11) is 0. The summed E-state index contributed by atoms with van der Waals surface area (Å²) >= 11 is 3.47. The highest BCUT2D eigenvalue weighted by molar-refractivity contribution is 9.10. The Balaban J connectivity index is 2.96. The van der Waals surface area contributed by atoms with Crippen molar-refractivity contribution in [1.29, 1.82) is 0 Å². The number of halogens is 1. The smallest absolute Gasteiger partial charge is 0.0471 e. The van der Waals surface area contributed by atoms with E-state index in [-0.39, 0.29) is 6.61 Å². The summed E-state index contributed by atoms with van der Waals surface area (Å²) in [6.45, 7) is 4.56. The van der Waals surface area contributed by atoms with Crippen LogP contribution in [0.1, 0.15) is 30.9 Å². The first-order chi connectivity index (χ1) is 6.13. The molecule has 0 atom stereocenters. The highest BCUT2D eigenvalue weighted by Gasteiger charge is 2.02. The molecular formula is C11H15BrO. The van der Waals surface area contributed by atoms with E-state index >= 15 is 0 Å². The number of hydrogen-bond donors (Lipinski definition) is 1. The zero-order valence-electron chi connectivity index (χ0n) is 8.05. The van der Waals surface area contributed by atoms with E-state index in [1.807, 2.05) is 0 Å². The Hall–Kier alpha value is -0.340. The van der Waals surface area contributed by atoms with E-state index in [0.717, 1.165) is 10.9 Å². The highest BCUT2D eigenvalue weighted by Crippen LogP contribution is 2.22. The van der Waals surface area contributed by atoms with Crippen molar-refractivity contribution in [1.82, 2.24) is 0 Å². The first kappa shape index (κ1) is 10.7. The molecule has 0 aromatic heterocycles. The molecule has 0 spiro atoms. The monoisotopic (exact) mass is 242 g/mol. The molecule has 1 N–H and O–H groups in total. The minimum Gasteiger partial charge on any atom is -0.396 e. The maximum Gasteiger partial charge on any atom is 0.0471 e. The quantitative estimate of drug-likeness (QED) is 0.864. The third-order valence-electron chi connectivity index (χ3n) is 2.05. The first-order valence-electron chi connectivity index (χ1n) is 4.53. The molecule has 1 nitrogen and oxygen atoms in total. The topological polar surface area (TPSA) is 20.2 Å². The fourth-order valence-electron chi connectivity index (χ4n) is 1.28. The predicted molar refractivity (Wildman–Crippen MR) is 59.0 cm³/mol. The molecule has 0 amide bonds. The lowest BCUT2D eigenvalue weighted by Crippen LogP contribution is -1.94. The van der Waals surface area contributed by atoms with Crippen LogP contribution in [-0.4, -0.2) is 11.7 Å². The van der Waals surface area contributed by atoms with Gasteiger partial charge in [0.1, 0.15) is 0 Å². The molecule has 0 heterocycles. The Labute approximate surface area is 87.9 Å². The standard InChI is InChI=1S/C11H15BrO/c1-8(2)10-5-9(3-4-13)6-11(12)7-10/h5-8,13H,3-4H2,1-2H3. The second kappa shape index (κ2) is 4.77. The van der Waals surface area contributed by atoms with E-state index in [1.165, 1.54) is 11.1 Å². The van der Waals surface area contributed by atoms with E-state index in [9.17, 15) is 0 Å². The molecule has 0 bridgehead atoms. The number of benzene rings is 1. The Bertz CT molecular complexity index is 281. The van der Waals surface area contributed by atoms with Gasteiger partial charge in [-0.05, 0) is 35.6 Å². The Morgan fingerprint density at radius 2 is 2.00 bits per heavy atom. The number of rotatable bonds is 3. The molecule has 0 aliphatic carbocycles. The lowest BCUT2D eigenvalue weighted by Gasteiger charge is -2.08. The van der Waals surface area contributed by atoms with Gasteiger partial charge in [-0.2, -0.15) is 0 Å². The van der Waals surface area contributed by atoms with Gasteiger partial charge in [0.2, 0.25) is 0 Å². The summed E-state index contributed by atoms with van der Waals surface area (Å²) in [5.41, 5.74) is 2.51. The van der Waals surface area contributed by atoms with Crippen LogP contribution < -0.4 is 0 Å². The van der Waals surface area contributed by atoms with Gasteiger partial charge in [-0.15, -0.1) is 0 Å². The predicted octanol–water partition coefficient (Wildman–Crippen LogP) is 3.11. The van der Waals surface area contributed by atoms with Crippen LogP contribution in [-0.2, 0) is 6.42 Å². The van der Waals surface area contributed by atoms with Crippen molar-refractivity contribution in [2.75, 3.05) is 6.61 Å². The van der Waals surface area contributed by atoms with Gasteiger partial charge in [0.25, 0.3) is 0 Å².